The molecule has 0 amide bonds. The van der Waals surface area contributed by atoms with Crippen LogP contribution >= 0.6 is 0 Å². The van der Waals surface area contributed by atoms with Crippen LogP contribution in [0, 0.1) is 11.2 Å². The lowest BCUT2D eigenvalue weighted by molar-refractivity contribution is 0.0992. The van der Waals surface area contributed by atoms with E-state index in [0.29, 0.717) is 17.0 Å². The molecule has 1 aromatic rings. The topological polar surface area (TPSA) is 23.5 Å². The highest BCUT2D eigenvalue weighted by Crippen LogP contribution is 2.39. The Labute approximate surface area is 121 Å². The monoisotopic (exact) mass is 279 g/mol. The fraction of sp³-hybridized carbons (Fsp3) is 0.647. The van der Waals surface area contributed by atoms with Crippen molar-refractivity contribution in [1.29, 1.82) is 0 Å². The zero-order valence-corrected chi connectivity index (χ0v) is 13.0. The third kappa shape index (κ3) is 3.32. The number of hydrogen-bond acceptors (Lipinski definition) is 2. The molecule has 0 heterocycles. The summed E-state index contributed by atoms with van der Waals surface area (Å²) in [6.45, 7) is 6.68. The van der Waals surface area contributed by atoms with Crippen LogP contribution in [0.3, 0.4) is 0 Å². The predicted octanol–water partition coefficient (Wildman–Crippen LogP) is 4.49. The van der Waals surface area contributed by atoms with E-state index in [1.807, 2.05) is 6.92 Å². The van der Waals surface area contributed by atoms with Gasteiger partial charge in [-0.15, -0.1) is 0 Å². The normalized spacial score (nSPS) is 21.1. The minimum Gasteiger partial charge on any atom is -0.508 e. The van der Waals surface area contributed by atoms with Crippen LogP contribution in [0.4, 0.5) is 4.39 Å². The number of halogens is 1. The summed E-state index contributed by atoms with van der Waals surface area (Å²) in [6, 6.07) is 4.73. The highest BCUT2D eigenvalue weighted by Gasteiger charge is 2.31. The highest BCUT2D eigenvalue weighted by atomic mass is 19.1. The molecule has 0 aromatic heterocycles. The first-order valence-electron chi connectivity index (χ1n) is 7.50. The van der Waals surface area contributed by atoms with E-state index in [-0.39, 0.29) is 17.6 Å². The van der Waals surface area contributed by atoms with E-state index in [1.54, 1.807) is 0 Å². The zero-order chi connectivity index (χ0) is 14.9. The van der Waals surface area contributed by atoms with Gasteiger partial charge < -0.3 is 5.11 Å². The molecule has 1 saturated carbocycles. The summed E-state index contributed by atoms with van der Waals surface area (Å²) in [5, 5.41) is 9.94. The summed E-state index contributed by atoms with van der Waals surface area (Å²) in [7, 11) is 2.08. The Hall–Kier alpha value is -1.09. The number of hydrogen-bond donors (Lipinski definition) is 1. The summed E-state index contributed by atoms with van der Waals surface area (Å²) in [5.74, 6) is -0.107. The quantitative estimate of drug-likeness (QED) is 0.881. The van der Waals surface area contributed by atoms with Gasteiger partial charge in [-0.25, -0.2) is 4.39 Å². The lowest BCUT2D eigenvalue weighted by atomic mass is 9.75. The molecule has 0 bridgehead atoms. The minimum atomic E-state index is -0.289. The minimum absolute atomic E-state index is 0.0249. The molecule has 1 aliphatic rings. The third-order valence-electron chi connectivity index (χ3n) is 4.94. The molecule has 0 aliphatic heterocycles. The number of nitrogens with zero attached hydrogens (tertiary/aromatic N) is 1. The lowest BCUT2D eigenvalue weighted by Gasteiger charge is -2.41. The molecule has 1 aliphatic carbocycles. The van der Waals surface area contributed by atoms with Gasteiger partial charge in [0.05, 0.1) is 0 Å². The first kappa shape index (κ1) is 15.3. The van der Waals surface area contributed by atoms with Crippen molar-refractivity contribution in [2.24, 2.45) is 5.41 Å². The highest BCUT2D eigenvalue weighted by molar-refractivity contribution is 5.35. The Balaban J connectivity index is 2.09. The maximum atomic E-state index is 13.4. The Morgan fingerprint density at radius 3 is 2.50 bits per heavy atom. The van der Waals surface area contributed by atoms with Gasteiger partial charge >= 0.3 is 0 Å². The second-order valence-corrected chi connectivity index (χ2v) is 6.94. The van der Waals surface area contributed by atoms with Gasteiger partial charge in [0.25, 0.3) is 0 Å². The van der Waals surface area contributed by atoms with Crippen LogP contribution < -0.4 is 0 Å². The van der Waals surface area contributed by atoms with Crippen molar-refractivity contribution in [2.75, 3.05) is 7.05 Å². The van der Waals surface area contributed by atoms with Crippen LogP contribution in [0.15, 0.2) is 18.2 Å². The Morgan fingerprint density at radius 2 is 1.90 bits per heavy atom. The average molecular weight is 279 g/mol. The summed E-state index contributed by atoms with van der Waals surface area (Å²) < 4.78 is 13.4. The summed E-state index contributed by atoms with van der Waals surface area (Å²) in [6.07, 6.45) is 4.79. The summed E-state index contributed by atoms with van der Waals surface area (Å²) in [4.78, 5) is 2.28. The van der Waals surface area contributed by atoms with E-state index in [9.17, 15) is 9.50 Å². The second kappa shape index (κ2) is 5.72. The van der Waals surface area contributed by atoms with Gasteiger partial charge in [-0.2, -0.15) is 0 Å². The standard InChI is InChI=1S/C17H26FNO/c1-12(15-11-13(18)5-6-16(15)20)19(4)14-7-9-17(2,3)10-8-14/h5-6,11-12,14,20H,7-10H2,1-4H3. The zero-order valence-electron chi connectivity index (χ0n) is 13.0. The molecule has 0 radical (unpaired) electrons. The van der Waals surface area contributed by atoms with Gasteiger partial charge in [0.2, 0.25) is 0 Å². The molecule has 1 N–H and O–H groups in total. The van der Waals surface area contributed by atoms with Gasteiger partial charge in [-0.05, 0) is 63.3 Å². The average Bonchev–Trinajstić information content (AvgIpc) is 2.40. The molecule has 20 heavy (non-hydrogen) atoms. The number of phenols is 1. The van der Waals surface area contributed by atoms with Crippen molar-refractivity contribution in [2.45, 2.75) is 58.5 Å². The van der Waals surface area contributed by atoms with Gasteiger partial charge in [-0.1, -0.05) is 13.8 Å². The van der Waals surface area contributed by atoms with E-state index < -0.39 is 0 Å². The van der Waals surface area contributed by atoms with E-state index in [4.69, 9.17) is 0 Å². The number of phenolic OH excluding ortho intramolecular Hbond substituents is 1. The van der Waals surface area contributed by atoms with Crippen molar-refractivity contribution < 1.29 is 9.50 Å². The van der Waals surface area contributed by atoms with Crippen molar-refractivity contribution >= 4 is 0 Å². The first-order valence-corrected chi connectivity index (χ1v) is 7.50. The molecule has 1 fully saturated rings. The molecule has 1 unspecified atom stereocenters. The van der Waals surface area contributed by atoms with Crippen molar-refractivity contribution in [3.8, 4) is 5.75 Å². The van der Waals surface area contributed by atoms with Gasteiger partial charge in [-0.3, -0.25) is 4.90 Å². The van der Waals surface area contributed by atoms with Crippen LogP contribution in [0.25, 0.3) is 0 Å². The fourth-order valence-corrected chi connectivity index (χ4v) is 3.19. The van der Waals surface area contributed by atoms with Crippen molar-refractivity contribution in [1.82, 2.24) is 4.90 Å². The van der Waals surface area contributed by atoms with E-state index in [0.717, 1.165) is 0 Å². The molecular formula is C17H26FNO. The predicted molar refractivity (Wildman–Crippen MR) is 80.3 cm³/mol. The number of rotatable bonds is 3. The molecule has 3 heteroatoms. The van der Waals surface area contributed by atoms with Gasteiger partial charge in [0.1, 0.15) is 11.6 Å². The first-order chi connectivity index (χ1) is 9.30. The van der Waals surface area contributed by atoms with Crippen LogP contribution in [-0.2, 0) is 0 Å². The van der Waals surface area contributed by atoms with Crippen molar-refractivity contribution in [3.63, 3.8) is 0 Å². The van der Waals surface area contributed by atoms with Crippen LogP contribution in [0.2, 0.25) is 0 Å². The molecule has 1 atom stereocenters. The lowest BCUT2D eigenvalue weighted by Crippen LogP contribution is -2.38. The number of benzene rings is 1. The molecule has 0 spiro atoms. The van der Waals surface area contributed by atoms with E-state index in [2.05, 4.69) is 25.8 Å². The summed E-state index contributed by atoms with van der Waals surface area (Å²) >= 11 is 0. The molecule has 2 rings (SSSR count). The summed E-state index contributed by atoms with van der Waals surface area (Å²) in [5.41, 5.74) is 1.12. The van der Waals surface area contributed by atoms with Crippen LogP contribution in [0.1, 0.15) is 58.1 Å². The van der Waals surface area contributed by atoms with E-state index in [1.165, 1.54) is 43.9 Å². The Bertz CT molecular complexity index is 462. The molecular weight excluding hydrogens is 253 g/mol. The number of aromatic hydroxyl groups is 1. The maximum Gasteiger partial charge on any atom is 0.123 e. The Kier molecular flexibility index (Phi) is 4.38. The van der Waals surface area contributed by atoms with E-state index >= 15 is 0 Å². The molecule has 0 saturated heterocycles. The van der Waals surface area contributed by atoms with Gasteiger partial charge in [0.15, 0.2) is 0 Å². The Morgan fingerprint density at radius 1 is 1.30 bits per heavy atom. The smallest absolute Gasteiger partial charge is 0.123 e. The molecule has 1 aromatic carbocycles. The molecule has 112 valence electrons. The SMILES string of the molecule is CC(c1cc(F)ccc1O)N(C)C1CCC(C)(C)CC1. The molecule has 2 nitrogen and oxygen atoms in total. The largest absolute Gasteiger partial charge is 0.508 e. The maximum absolute atomic E-state index is 13.4. The van der Waals surface area contributed by atoms with Crippen LogP contribution in [-0.4, -0.2) is 23.1 Å². The second-order valence-electron chi connectivity index (χ2n) is 6.94. The van der Waals surface area contributed by atoms with Crippen molar-refractivity contribution in [3.05, 3.63) is 29.6 Å². The third-order valence-corrected chi connectivity index (χ3v) is 4.94. The van der Waals surface area contributed by atoms with Gasteiger partial charge in [0, 0.05) is 17.6 Å². The fourth-order valence-electron chi connectivity index (χ4n) is 3.19. The van der Waals surface area contributed by atoms with Crippen LogP contribution in [0.5, 0.6) is 5.75 Å².